The van der Waals surface area contributed by atoms with Crippen LogP contribution in [0.1, 0.15) is 50.8 Å². The lowest BCUT2D eigenvalue weighted by atomic mass is 10.2. The Morgan fingerprint density at radius 3 is 2.75 bits per heavy atom. The van der Waals surface area contributed by atoms with Crippen molar-refractivity contribution in [1.82, 2.24) is 9.97 Å². The van der Waals surface area contributed by atoms with Crippen molar-refractivity contribution in [2.75, 3.05) is 37.0 Å². The third-order valence-corrected chi connectivity index (χ3v) is 3.57. The van der Waals surface area contributed by atoms with Gasteiger partial charge in [0.1, 0.15) is 17.5 Å². The lowest BCUT2D eigenvalue weighted by molar-refractivity contribution is 0.283. The van der Waals surface area contributed by atoms with Crippen molar-refractivity contribution in [2.24, 2.45) is 0 Å². The van der Waals surface area contributed by atoms with Gasteiger partial charge in [-0.2, -0.15) is 0 Å². The van der Waals surface area contributed by atoms with E-state index in [1.54, 1.807) is 0 Å². The van der Waals surface area contributed by atoms with Crippen molar-refractivity contribution in [1.29, 1.82) is 0 Å². The van der Waals surface area contributed by atoms with Gasteiger partial charge in [0.2, 0.25) is 0 Å². The van der Waals surface area contributed by atoms with Gasteiger partial charge in [-0.1, -0.05) is 0 Å². The summed E-state index contributed by atoms with van der Waals surface area (Å²) in [5, 5.41) is 12.1. The van der Waals surface area contributed by atoms with Crippen LogP contribution < -0.4 is 10.2 Å². The number of nitrogens with zero attached hydrogens (tertiary/aromatic N) is 3. The van der Waals surface area contributed by atoms with Crippen molar-refractivity contribution >= 4 is 11.6 Å². The molecule has 0 bridgehead atoms. The van der Waals surface area contributed by atoms with Crippen molar-refractivity contribution < 1.29 is 5.11 Å². The van der Waals surface area contributed by atoms with Crippen LogP contribution in [0.25, 0.3) is 0 Å². The summed E-state index contributed by atoms with van der Waals surface area (Å²) in [6, 6.07) is 2.03. The van der Waals surface area contributed by atoms with Gasteiger partial charge in [-0.3, -0.25) is 0 Å². The van der Waals surface area contributed by atoms with E-state index < -0.39 is 0 Å². The molecule has 0 aromatic carbocycles. The van der Waals surface area contributed by atoms with Crippen molar-refractivity contribution in [3.63, 3.8) is 0 Å². The Hall–Kier alpha value is -1.36. The Labute approximate surface area is 121 Å². The number of hydrogen-bond donors (Lipinski definition) is 2. The van der Waals surface area contributed by atoms with Crippen LogP contribution >= 0.6 is 0 Å². The Balaban J connectivity index is 2.00. The fraction of sp³-hybridized carbons (Fsp3) is 0.733. The number of hydrogen-bond acceptors (Lipinski definition) is 5. The van der Waals surface area contributed by atoms with Gasteiger partial charge >= 0.3 is 0 Å². The number of rotatable bonds is 9. The van der Waals surface area contributed by atoms with Gasteiger partial charge in [-0.25, -0.2) is 9.97 Å². The predicted octanol–water partition coefficient (Wildman–Crippen LogP) is 2.38. The van der Waals surface area contributed by atoms with Crippen molar-refractivity contribution in [3.8, 4) is 0 Å². The number of anilines is 2. The molecule has 2 N–H and O–H groups in total. The SMILES string of the molecule is CCNc1cc(N(C)CCCCCO)nc(C2CC2)n1. The summed E-state index contributed by atoms with van der Waals surface area (Å²) in [4.78, 5) is 11.5. The number of nitrogens with one attached hydrogen (secondary N) is 1. The maximum atomic E-state index is 8.81. The molecular weight excluding hydrogens is 252 g/mol. The van der Waals surface area contributed by atoms with Gasteiger partial charge in [0.15, 0.2) is 0 Å². The molecule has 0 radical (unpaired) electrons. The van der Waals surface area contributed by atoms with Gasteiger partial charge in [0.25, 0.3) is 0 Å². The summed E-state index contributed by atoms with van der Waals surface area (Å²) < 4.78 is 0. The largest absolute Gasteiger partial charge is 0.396 e. The van der Waals surface area contributed by atoms with E-state index in [-0.39, 0.29) is 6.61 Å². The van der Waals surface area contributed by atoms with E-state index in [0.29, 0.717) is 5.92 Å². The third kappa shape index (κ3) is 4.34. The van der Waals surface area contributed by atoms with Gasteiger partial charge < -0.3 is 15.3 Å². The highest BCUT2D eigenvalue weighted by molar-refractivity contribution is 5.49. The highest BCUT2D eigenvalue weighted by Gasteiger charge is 2.27. The molecule has 112 valence electrons. The van der Waals surface area contributed by atoms with Gasteiger partial charge in [-0.15, -0.1) is 0 Å². The fourth-order valence-electron chi connectivity index (χ4n) is 2.20. The molecule has 1 aromatic rings. The zero-order chi connectivity index (χ0) is 14.4. The minimum atomic E-state index is 0.285. The average molecular weight is 278 g/mol. The molecule has 0 spiro atoms. The van der Waals surface area contributed by atoms with E-state index in [2.05, 4.69) is 29.2 Å². The molecular formula is C15H26N4O. The summed E-state index contributed by atoms with van der Waals surface area (Å²) in [6.45, 7) is 4.21. The molecule has 1 fully saturated rings. The monoisotopic (exact) mass is 278 g/mol. The lowest BCUT2D eigenvalue weighted by Gasteiger charge is -2.19. The second-order valence-corrected chi connectivity index (χ2v) is 5.48. The minimum Gasteiger partial charge on any atom is -0.396 e. The first-order valence-electron chi connectivity index (χ1n) is 7.69. The van der Waals surface area contributed by atoms with E-state index in [4.69, 9.17) is 10.1 Å². The first-order chi connectivity index (χ1) is 9.74. The van der Waals surface area contributed by atoms with E-state index in [1.807, 2.05) is 6.07 Å². The highest BCUT2D eigenvalue weighted by Crippen LogP contribution is 2.39. The number of aromatic nitrogens is 2. The molecule has 5 nitrogen and oxygen atoms in total. The van der Waals surface area contributed by atoms with E-state index in [0.717, 1.165) is 49.8 Å². The van der Waals surface area contributed by atoms with Gasteiger partial charge in [0.05, 0.1) is 0 Å². The van der Waals surface area contributed by atoms with Crippen molar-refractivity contribution in [3.05, 3.63) is 11.9 Å². The molecule has 0 aliphatic heterocycles. The smallest absolute Gasteiger partial charge is 0.136 e. The van der Waals surface area contributed by atoms with E-state index >= 15 is 0 Å². The van der Waals surface area contributed by atoms with Gasteiger partial charge in [0, 0.05) is 38.7 Å². The normalized spacial score (nSPS) is 14.3. The van der Waals surface area contributed by atoms with Crippen LogP contribution in [-0.2, 0) is 0 Å². The molecule has 0 unspecified atom stereocenters. The van der Waals surface area contributed by atoms with Crippen LogP contribution in [-0.4, -0.2) is 41.8 Å². The Kier molecular flexibility index (Phi) is 5.59. The number of aliphatic hydroxyl groups excluding tert-OH is 1. The van der Waals surface area contributed by atoms with Crippen LogP contribution in [0.15, 0.2) is 6.07 Å². The summed E-state index contributed by atoms with van der Waals surface area (Å²) in [6.07, 6.45) is 5.45. The molecule has 1 heterocycles. The second-order valence-electron chi connectivity index (χ2n) is 5.48. The zero-order valence-electron chi connectivity index (χ0n) is 12.6. The first kappa shape index (κ1) is 15.0. The molecule has 1 saturated carbocycles. The number of aliphatic hydroxyl groups is 1. The fourth-order valence-corrected chi connectivity index (χ4v) is 2.20. The topological polar surface area (TPSA) is 61.3 Å². The lowest BCUT2D eigenvalue weighted by Crippen LogP contribution is -2.21. The molecule has 1 aliphatic rings. The molecule has 5 heteroatoms. The van der Waals surface area contributed by atoms with Crippen LogP contribution in [0.5, 0.6) is 0 Å². The summed E-state index contributed by atoms with van der Waals surface area (Å²) in [7, 11) is 2.08. The maximum absolute atomic E-state index is 8.81. The first-order valence-corrected chi connectivity index (χ1v) is 7.69. The van der Waals surface area contributed by atoms with Crippen LogP contribution in [0.3, 0.4) is 0 Å². The van der Waals surface area contributed by atoms with Crippen LogP contribution in [0, 0.1) is 0 Å². The molecule has 0 saturated heterocycles. The molecule has 1 aliphatic carbocycles. The zero-order valence-corrected chi connectivity index (χ0v) is 12.6. The highest BCUT2D eigenvalue weighted by atomic mass is 16.2. The quantitative estimate of drug-likeness (QED) is 0.679. The van der Waals surface area contributed by atoms with Crippen molar-refractivity contribution in [2.45, 2.75) is 44.9 Å². The third-order valence-electron chi connectivity index (χ3n) is 3.57. The number of unbranched alkanes of at least 4 members (excludes halogenated alkanes) is 2. The molecule has 20 heavy (non-hydrogen) atoms. The van der Waals surface area contributed by atoms with Gasteiger partial charge in [-0.05, 0) is 39.0 Å². The minimum absolute atomic E-state index is 0.285. The van der Waals surface area contributed by atoms with E-state index in [1.165, 1.54) is 12.8 Å². The Morgan fingerprint density at radius 1 is 1.30 bits per heavy atom. The summed E-state index contributed by atoms with van der Waals surface area (Å²) in [5.74, 6) is 3.49. The second kappa shape index (κ2) is 7.43. The van der Waals surface area contributed by atoms with E-state index in [9.17, 15) is 0 Å². The Bertz CT molecular complexity index is 420. The molecule has 0 atom stereocenters. The molecule has 2 rings (SSSR count). The average Bonchev–Trinajstić information content (AvgIpc) is 3.28. The standard InChI is InChI=1S/C15H26N4O/c1-3-16-13-11-14(18-15(17-13)12-7-8-12)19(2)9-5-4-6-10-20/h11-12,20H,3-10H2,1-2H3,(H,16,17,18). The van der Waals surface area contributed by atoms with Crippen LogP contribution in [0.4, 0.5) is 11.6 Å². The summed E-state index contributed by atoms with van der Waals surface area (Å²) in [5.41, 5.74) is 0. The molecule has 0 amide bonds. The molecule has 1 aromatic heterocycles. The summed E-state index contributed by atoms with van der Waals surface area (Å²) >= 11 is 0. The predicted molar refractivity (Wildman–Crippen MR) is 82.4 cm³/mol. The van der Waals surface area contributed by atoms with Crippen LogP contribution in [0.2, 0.25) is 0 Å². The maximum Gasteiger partial charge on any atom is 0.136 e. The Morgan fingerprint density at radius 2 is 2.10 bits per heavy atom.